The van der Waals surface area contributed by atoms with Gasteiger partial charge in [0.15, 0.2) is 0 Å². The van der Waals surface area contributed by atoms with Crippen molar-refractivity contribution in [1.29, 1.82) is 0 Å². The molecule has 2 rings (SSSR count). The second-order valence-corrected chi connectivity index (χ2v) is 6.16. The van der Waals surface area contributed by atoms with E-state index in [-0.39, 0.29) is 18.1 Å². The third-order valence-corrected chi connectivity index (χ3v) is 3.96. The first-order valence-corrected chi connectivity index (χ1v) is 8.10. The first kappa shape index (κ1) is 17.8. The van der Waals surface area contributed by atoms with Crippen molar-refractivity contribution < 1.29 is 13.9 Å². The van der Waals surface area contributed by atoms with E-state index in [0.717, 1.165) is 38.6 Å². The monoisotopic (exact) mass is 324 g/mol. The number of morpholine rings is 1. The Morgan fingerprint density at radius 2 is 2.13 bits per heavy atom. The molecule has 1 fully saturated rings. The van der Waals surface area contributed by atoms with Crippen LogP contribution in [0.25, 0.3) is 0 Å². The second kappa shape index (κ2) is 8.90. The quantitative estimate of drug-likeness (QED) is 0.780. The molecule has 0 aliphatic carbocycles. The molecule has 1 aromatic rings. The van der Waals surface area contributed by atoms with Crippen molar-refractivity contribution in [2.75, 3.05) is 53.5 Å². The minimum absolute atomic E-state index is 0.0188. The van der Waals surface area contributed by atoms with Gasteiger partial charge >= 0.3 is 6.03 Å². The number of hydrogen-bond acceptors (Lipinski definition) is 5. The van der Waals surface area contributed by atoms with Crippen molar-refractivity contribution in [2.45, 2.75) is 19.0 Å². The summed E-state index contributed by atoms with van der Waals surface area (Å²) in [5.41, 5.74) is 0. The Bertz CT molecular complexity index is 458. The maximum absolute atomic E-state index is 12.1. The Morgan fingerprint density at radius 3 is 2.74 bits per heavy atom. The van der Waals surface area contributed by atoms with Gasteiger partial charge in [0.25, 0.3) is 0 Å². The number of amides is 2. The predicted octanol–water partition coefficient (Wildman–Crippen LogP) is 0.902. The zero-order valence-corrected chi connectivity index (χ0v) is 14.2. The number of likely N-dealkylation sites (N-methyl/N-ethyl adjacent to an activating group) is 1. The molecule has 0 aromatic carbocycles. The van der Waals surface area contributed by atoms with Gasteiger partial charge in [-0.1, -0.05) is 0 Å². The number of urea groups is 1. The van der Waals surface area contributed by atoms with Crippen molar-refractivity contribution in [3.63, 3.8) is 0 Å². The van der Waals surface area contributed by atoms with Gasteiger partial charge in [0.1, 0.15) is 5.76 Å². The number of ether oxygens (including phenoxy) is 1. The molecule has 1 aliphatic heterocycles. The van der Waals surface area contributed by atoms with Crippen LogP contribution in [0.3, 0.4) is 0 Å². The third kappa shape index (κ3) is 5.85. The maximum atomic E-state index is 12.1. The fourth-order valence-corrected chi connectivity index (χ4v) is 2.70. The zero-order valence-electron chi connectivity index (χ0n) is 14.2. The molecule has 7 nitrogen and oxygen atoms in total. The minimum Gasteiger partial charge on any atom is -0.468 e. The standard InChI is InChI=1S/C16H28N4O3/c1-13(12-20-6-9-22-10-7-20)18-16(21)17-11-14(19(2)3)15-5-4-8-23-15/h4-5,8,13-14H,6-7,9-12H2,1-3H3,(H2,17,18,21)/t13-,14-/m1/s1. The Morgan fingerprint density at radius 1 is 1.39 bits per heavy atom. The van der Waals surface area contributed by atoms with Crippen molar-refractivity contribution in [3.8, 4) is 0 Å². The molecule has 0 saturated carbocycles. The van der Waals surface area contributed by atoms with Crippen LogP contribution in [-0.2, 0) is 4.74 Å². The first-order valence-electron chi connectivity index (χ1n) is 8.10. The average molecular weight is 324 g/mol. The number of nitrogens with one attached hydrogen (secondary N) is 2. The molecule has 0 radical (unpaired) electrons. The van der Waals surface area contributed by atoms with Gasteiger partial charge in [0, 0.05) is 32.2 Å². The maximum Gasteiger partial charge on any atom is 0.315 e. The van der Waals surface area contributed by atoms with Gasteiger partial charge in [-0.15, -0.1) is 0 Å². The highest BCUT2D eigenvalue weighted by Gasteiger charge is 2.19. The SMILES string of the molecule is C[C@H](CN1CCOCC1)NC(=O)NC[C@H](c1ccco1)N(C)C. The van der Waals surface area contributed by atoms with E-state index in [1.165, 1.54) is 0 Å². The highest BCUT2D eigenvalue weighted by Crippen LogP contribution is 2.17. The van der Waals surface area contributed by atoms with Crippen LogP contribution in [-0.4, -0.2) is 75.4 Å². The molecule has 7 heteroatoms. The van der Waals surface area contributed by atoms with Crippen LogP contribution in [0.5, 0.6) is 0 Å². The van der Waals surface area contributed by atoms with E-state index in [1.54, 1.807) is 6.26 Å². The molecule has 130 valence electrons. The lowest BCUT2D eigenvalue weighted by Gasteiger charge is -2.29. The van der Waals surface area contributed by atoms with E-state index in [2.05, 4.69) is 15.5 Å². The molecule has 0 unspecified atom stereocenters. The number of furan rings is 1. The van der Waals surface area contributed by atoms with E-state index < -0.39 is 0 Å². The number of nitrogens with zero attached hydrogens (tertiary/aromatic N) is 2. The largest absolute Gasteiger partial charge is 0.468 e. The van der Waals surface area contributed by atoms with Crippen LogP contribution in [0.2, 0.25) is 0 Å². The highest BCUT2D eigenvalue weighted by molar-refractivity contribution is 5.74. The summed E-state index contributed by atoms with van der Waals surface area (Å²) in [7, 11) is 3.93. The topological polar surface area (TPSA) is 70.0 Å². The van der Waals surface area contributed by atoms with Crippen LogP contribution in [0.1, 0.15) is 18.7 Å². The molecule has 1 saturated heterocycles. The van der Waals surface area contributed by atoms with Gasteiger partial charge in [0.05, 0.1) is 25.5 Å². The smallest absolute Gasteiger partial charge is 0.315 e. The van der Waals surface area contributed by atoms with Crippen molar-refractivity contribution in [1.82, 2.24) is 20.4 Å². The molecule has 23 heavy (non-hydrogen) atoms. The number of rotatable bonds is 7. The summed E-state index contributed by atoms with van der Waals surface area (Å²) < 4.78 is 10.8. The summed E-state index contributed by atoms with van der Waals surface area (Å²) in [6, 6.07) is 3.74. The molecule has 0 spiro atoms. The van der Waals surface area contributed by atoms with Gasteiger partial charge < -0.3 is 19.8 Å². The summed E-state index contributed by atoms with van der Waals surface area (Å²) in [6.07, 6.45) is 1.65. The highest BCUT2D eigenvalue weighted by atomic mass is 16.5. The minimum atomic E-state index is -0.149. The lowest BCUT2D eigenvalue weighted by atomic mass is 10.2. The van der Waals surface area contributed by atoms with Crippen molar-refractivity contribution in [3.05, 3.63) is 24.2 Å². The van der Waals surface area contributed by atoms with Crippen LogP contribution >= 0.6 is 0 Å². The number of carbonyl (C=O) groups excluding carboxylic acids is 1. The lowest BCUT2D eigenvalue weighted by Crippen LogP contribution is -2.49. The molecular formula is C16H28N4O3. The Labute approximate surface area is 137 Å². The fourth-order valence-electron chi connectivity index (χ4n) is 2.70. The zero-order chi connectivity index (χ0) is 16.7. The Balaban J connectivity index is 1.72. The van der Waals surface area contributed by atoms with Crippen LogP contribution in [0.4, 0.5) is 4.79 Å². The summed E-state index contributed by atoms with van der Waals surface area (Å²) in [4.78, 5) is 16.4. The van der Waals surface area contributed by atoms with Crippen LogP contribution < -0.4 is 10.6 Å². The molecule has 2 atom stereocenters. The normalized spacial score (nSPS) is 18.6. The van der Waals surface area contributed by atoms with Gasteiger partial charge in [-0.2, -0.15) is 0 Å². The van der Waals surface area contributed by atoms with E-state index in [0.29, 0.717) is 6.54 Å². The summed E-state index contributed by atoms with van der Waals surface area (Å²) >= 11 is 0. The van der Waals surface area contributed by atoms with E-state index in [1.807, 2.05) is 38.1 Å². The van der Waals surface area contributed by atoms with Crippen molar-refractivity contribution >= 4 is 6.03 Å². The van der Waals surface area contributed by atoms with E-state index in [4.69, 9.17) is 9.15 Å². The lowest BCUT2D eigenvalue weighted by molar-refractivity contribution is 0.0349. The van der Waals surface area contributed by atoms with Gasteiger partial charge in [-0.3, -0.25) is 9.80 Å². The number of carbonyl (C=O) groups is 1. The predicted molar refractivity (Wildman–Crippen MR) is 88.4 cm³/mol. The van der Waals surface area contributed by atoms with Crippen molar-refractivity contribution in [2.24, 2.45) is 0 Å². The molecule has 2 amide bonds. The van der Waals surface area contributed by atoms with E-state index in [9.17, 15) is 4.79 Å². The molecule has 2 N–H and O–H groups in total. The van der Waals surface area contributed by atoms with Crippen LogP contribution in [0, 0.1) is 0 Å². The fraction of sp³-hybridized carbons (Fsp3) is 0.688. The van der Waals surface area contributed by atoms with E-state index >= 15 is 0 Å². The molecule has 0 bridgehead atoms. The number of hydrogen-bond donors (Lipinski definition) is 2. The second-order valence-electron chi connectivity index (χ2n) is 6.16. The Hall–Kier alpha value is -1.57. The molecule has 2 heterocycles. The molecule has 1 aliphatic rings. The first-order chi connectivity index (χ1) is 11.1. The van der Waals surface area contributed by atoms with Crippen LogP contribution in [0.15, 0.2) is 22.8 Å². The molecule has 1 aromatic heterocycles. The summed E-state index contributed by atoms with van der Waals surface area (Å²) in [5.74, 6) is 0.844. The van der Waals surface area contributed by atoms with Gasteiger partial charge in [0.2, 0.25) is 0 Å². The van der Waals surface area contributed by atoms with Gasteiger partial charge in [-0.25, -0.2) is 4.79 Å². The van der Waals surface area contributed by atoms with Gasteiger partial charge in [-0.05, 0) is 33.2 Å². The average Bonchev–Trinajstić information content (AvgIpc) is 3.02. The third-order valence-electron chi connectivity index (χ3n) is 3.96. The summed E-state index contributed by atoms with van der Waals surface area (Å²) in [5, 5.41) is 5.91. The summed E-state index contributed by atoms with van der Waals surface area (Å²) in [6.45, 7) is 6.75. The molecular weight excluding hydrogens is 296 g/mol. The Kier molecular flexibility index (Phi) is 6.88.